The van der Waals surface area contributed by atoms with Gasteiger partial charge in [-0.1, -0.05) is 65.0 Å². The van der Waals surface area contributed by atoms with Gasteiger partial charge < -0.3 is 40.1 Å². The van der Waals surface area contributed by atoms with Crippen LogP contribution in [0.2, 0.25) is 0 Å². The van der Waals surface area contributed by atoms with Gasteiger partial charge in [-0.15, -0.1) is 0 Å². The first kappa shape index (κ1) is 40.2. The second kappa shape index (κ2) is 16.9. The van der Waals surface area contributed by atoms with Crippen molar-refractivity contribution in [1.82, 2.24) is 50.3 Å². The number of nitrogens with one attached hydrogen (secondary N) is 5. The summed E-state index contributed by atoms with van der Waals surface area (Å²) in [4.78, 5) is 80.1. The molecular formula is C43H54N10O5. The monoisotopic (exact) mass is 790 g/mol. The van der Waals surface area contributed by atoms with Crippen LogP contribution in [0.4, 0.5) is 4.79 Å². The van der Waals surface area contributed by atoms with Crippen LogP contribution in [0.25, 0.3) is 44.7 Å². The molecule has 15 heteroatoms. The molecule has 5 heterocycles. The van der Waals surface area contributed by atoms with Crippen LogP contribution >= 0.6 is 0 Å². The summed E-state index contributed by atoms with van der Waals surface area (Å²) in [6.07, 6.45) is 6.55. The maximum absolute atomic E-state index is 13.7. The Kier molecular flexibility index (Phi) is 11.7. The first-order valence-electron chi connectivity index (χ1n) is 20.3. The van der Waals surface area contributed by atoms with Crippen LogP contribution in [-0.2, 0) is 19.1 Å². The Morgan fingerprint density at radius 2 is 1.29 bits per heavy atom. The number of amides is 4. The van der Waals surface area contributed by atoms with E-state index in [0.29, 0.717) is 25.3 Å². The first-order valence-corrected chi connectivity index (χ1v) is 20.3. The fourth-order valence-electron chi connectivity index (χ4n) is 8.27. The highest BCUT2D eigenvalue weighted by molar-refractivity contribution is 6.00. The molecule has 58 heavy (non-hydrogen) atoms. The second-order valence-corrected chi connectivity index (χ2v) is 16.0. The van der Waals surface area contributed by atoms with Crippen LogP contribution in [0.5, 0.6) is 0 Å². The van der Waals surface area contributed by atoms with Crippen LogP contribution in [0.3, 0.4) is 0 Å². The zero-order chi connectivity index (χ0) is 41.2. The summed E-state index contributed by atoms with van der Waals surface area (Å²) in [5, 5.41) is 5.63. The quantitative estimate of drug-likeness (QED) is 0.0936. The van der Waals surface area contributed by atoms with Gasteiger partial charge in [0, 0.05) is 30.6 Å². The maximum Gasteiger partial charge on any atom is 0.407 e. The van der Waals surface area contributed by atoms with Crippen molar-refractivity contribution in [2.75, 3.05) is 20.2 Å². The molecule has 0 unspecified atom stereocenters. The lowest BCUT2D eigenvalue weighted by Gasteiger charge is -2.30. The fourth-order valence-corrected chi connectivity index (χ4v) is 8.27. The van der Waals surface area contributed by atoms with E-state index in [1.165, 1.54) is 7.11 Å². The molecule has 306 valence electrons. The Balaban J connectivity index is 1.09. The number of ether oxygens (including phenoxy) is 1. The van der Waals surface area contributed by atoms with E-state index < -0.39 is 18.2 Å². The van der Waals surface area contributed by atoms with E-state index in [2.05, 4.69) is 62.0 Å². The van der Waals surface area contributed by atoms with E-state index in [9.17, 15) is 19.2 Å². The predicted molar refractivity (Wildman–Crippen MR) is 220 cm³/mol. The van der Waals surface area contributed by atoms with Gasteiger partial charge in [-0.05, 0) is 61.6 Å². The lowest BCUT2D eigenvalue weighted by Crippen LogP contribution is -2.51. The number of hydrogen-bond donors (Lipinski definition) is 5. The highest BCUT2D eigenvalue weighted by Gasteiger charge is 2.39. The molecule has 3 aromatic heterocycles. The van der Waals surface area contributed by atoms with Crippen molar-refractivity contribution in [1.29, 1.82) is 0 Å². The molecular weight excluding hydrogens is 737 g/mol. The summed E-state index contributed by atoms with van der Waals surface area (Å²) >= 11 is 0. The summed E-state index contributed by atoms with van der Waals surface area (Å²) < 4.78 is 4.77. The Morgan fingerprint density at radius 1 is 0.759 bits per heavy atom. The van der Waals surface area contributed by atoms with Gasteiger partial charge in [-0.2, -0.15) is 0 Å². The number of hydrogen-bond acceptors (Lipinski definition) is 8. The molecule has 4 amide bonds. The van der Waals surface area contributed by atoms with Crippen molar-refractivity contribution in [3.05, 3.63) is 66.3 Å². The summed E-state index contributed by atoms with van der Waals surface area (Å²) in [6.45, 7) is 12.6. The number of benzene rings is 2. The minimum absolute atomic E-state index is 0.0462. The van der Waals surface area contributed by atoms with Crippen molar-refractivity contribution in [2.45, 2.75) is 97.8 Å². The third-order valence-corrected chi connectivity index (χ3v) is 11.4. The molecule has 15 nitrogen and oxygen atoms in total. The molecule has 4 atom stereocenters. The Bertz CT molecular complexity index is 2290. The summed E-state index contributed by atoms with van der Waals surface area (Å²) in [5.41, 5.74) is 7.22. The lowest BCUT2D eigenvalue weighted by atomic mass is 9.99. The third kappa shape index (κ3) is 7.94. The number of carbonyl (C=O) groups excluding carboxylic acids is 4. The zero-order valence-corrected chi connectivity index (χ0v) is 34.3. The van der Waals surface area contributed by atoms with E-state index in [4.69, 9.17) is 19.7 Å². The van der Waals surface area contributed by atoms with E-state index >= 15 is 0 Å². The SMILES string of the molecule is CCC(=O)N[C@H](C(=O)N1CCC[C@H]1c1ncc(-c2ccc(-c3ccc(-c4cnc([C@@H]5CCCN5C(=O)[C@@H](NC(=O)OC)C(C)C)[nH]4)cc3)c3[nH]c(C)nc23)[nH]1)C(C)C. The van der Waals surface area contributed by atoms with Crippen molar-refractivity contribution in [3.63, 3.8) is 0 Å². The molecule has 0 saturated carbocycles. The van der Waals surface area contributed by atoms with Gasteiger partial charge in [0.2, 0.25) is 17.7 Å². The number of H-pyrrole nitrogens is 3. The Hall–Kier alpha value is -5.99. The summed E-state index contributed by atoms with van der Waals surface area (Å²) in [7, 11) is 1.29. The molecule has 2 fully saturated rings. The van der Waals surface area contributed by atoms with Crippen LogP contribution in [0, 0.1) is 18.8 Å². The smallest absolute Gasteiger partial charge is 0.407 e. The molecule has 0 aliphatic carbocycles. The molecule has 2 aliphatic rings. The number of fused-ring (bicyclic) bond motifs is 1. The zero-order valence-electron chi connectivity index (χ0n) is 34.3. The van der Waals surface area contributed by atoms with Crippen LogP contribution in [0.15, 0.2) is 48.8 Å². The molecule has 2 saturated heterocycles. The van der Waals surface area contributed by atoms with Gasteiger partial charge in [0.05, 0.1) is 54.0 Å². The van der Waals surface area contributed by atoms with Crippen LogP contribution in [-0.4, -0.2) is 95.8 Å². The molecule has 2 aliphatic heterocycles. The number of nitrogens with zero attached hydrogens (tertiary/aromatic N) is 5. The molecule has 0 radical (unpaired) electrons. The average molecular weight is 791 g/mol. The van der Waals surface area contributed by atoms with Gasteiger partial charge >= 0.3 is 6.09 Å². The average Bonchev–Trinajstić information content (AvgIpc) is 4.06. The standard InChI is InChI=1S/C43H54N10O5/c1-8-34(54)50-35(23(2)3)41(55)52-19-10-12-33(52)40-45-22-31(49-40)29-18-17-28(37-38(29)47-25(6)46-37)26-13-15-27(16-14-26)30-21-44-39(48-30)32-11-9-20-53(32)42(56)36(24(4)5)51-43(57)58-7/h13-18,21-24,32-33,35-36H,8-12,19-20H2,1-7H3,(H,44,48)(H,45,49)(H,46,47)(H,50,54)(H,51,57)/t32-,33-,35-,36-/m0/s1. The second-order valence-electron chi connectivity index (χ2n) is 16.0. The summed E-state index contributed by atoms with van der Waals surface area (Å²) in [5.74, 6) is 1.69. The number of aryl methyl sites for hydroxylation is 1. The minimum Gasteiger partial charge on any atom is -0.453 e. The van der Waals surface area contributed by atoms with Crippen molar-refractivity contribution >= 4 is 34.8 Å². The normalized spacial score (nSPS) is 17.9. The van der Waals surface area contributed by atoms with Gasteiger partial charge in [0.15, 0.2) is 0 Å². The molecule has 0 spiro atoms. The topological polar surface area (TPSA) is 194 Å². The van der Waals surface area contributed by atoms with E-state index in [1.807, 2.05) is 45.7 Å². The number of methoxy groups -OCH3 is 1. The highest BCUT2D eigenvalue weighted by atomic mass is 16.5. The molecule has 0 bridgehead atoms. The van der Waals surface area contributed by atoms with E-state index in [-0.39, 0.29) is 41.6 Å². The van der Waals surface area contributed by atoms with Crippen molar-refractivity contribution < 1.29 is 23.9 Å². The van der Waals surface area contributed by atoms with Gasteiger partial charge in [-0.3, -0.25) is 14.4 Å². The van der Waals surface area contributed by atoms with Gasteiger partial charge in [-0.25, -0.2) is 19.7 Å². The minimum atomic E-state index is -0.698. The predicted octanol–water partition coefficient (Wildman–Crippen LogP) is 6.58. The van der Waals surface area contributed by atoms with Crippen molar-refractivity contribution in [2.24, 2.45) is 11.8 Å². The van der Waals surface area contributed by atoms with Crippen molar-refractivity contribution in [3.8, 4) is 33.6 Å². The maximum atomic E-state index is 13.7. The van der Waals surface area contributed by atoms with E-state index in [0.717, 1.165) is 82.0 Å². The number of aromatic amines is 3. The number of likely N-dealkylation sites (tertiary alicyclic amines) is 2. The fraction of sp³-hybridized carbons (Fsp3) is 0.465. The number of carbonyl (C=O) groups is 4. The number of rotatable bonds is 12. The van der Waals surface area contributed by atoms with Crippen LogP contribution < -0.4 is 10.6 Å². The summed E-state index contributed by atoms with van der Waals surface area (Å²) in [6, 6.07) is 10.7. The Morgan fingerprint density at radius 3 is 1.86 bits per heavy atom. The number of aromatic nitrogens is 6. The lowest BCUT2D eigenvalue weighted by molar-refractivity contribution is -0.138. The highest BCUT2D eigenvalue weighted by Crippen LogP contribution is 2.38. The third-order valence-electron chi connectivity index (χ3n) is 11.4. The van der Waals surface area contributed by atoms with Gasteiger partial charge in [0.25, 0.3) is 0 Å². The first-order chi connectivity index (χ1) is 27.9. The molecule has 7 rings (SSSR count). The largest absolute Gasteiger partial charge is 0.453 e. The number of imidazole rings is 3. The van der Waals surface area contributed by atoms with Crippen LogP contribution in [0.1, 0.15) is 96.3 Å². The molecule has 2 aromatic carbocycles. The molecule has 5 N–H and O–H groups in total. The van der Waals surface area contributed by atoms with Gasteiger partial charge in [0.1, 0.15) is 29.6 Å². The molecule has 5 aromatic rings. The Labute approximate surface area is 338 Å². The van der Waals surface area contributed by atoms with E-state index in [1.54, 1.807) is 18.0 Å². The number of alkyl carbamates (subject to hydrolysis) is 1.